The van der Waals surface area contributed by atoms with E-state index < -0.39 is 0 Å². The fourth-order valence-corrected chi connectivity index (χ4v) is 0.405. The summed E-state index contributed by atoms with van der Waals surface area (Å²) in [6, 6.07) is 0. The predicted molar refractivity (Wildman–Crippen MR) is 42.8 cm³/mol. The second-order valence-corrected chi connectivity index (χ2v) is 1.83. The average Bonchev–Trinajstić information content (AvgIpc) is 1.79. The van der Waals surface area contributed by atoms with Crippen molar-refractivity contribution in [1.82, 2.24) is 0 Å². The van der Waals surface area contributed by atoms with Gasteiger partial charge in [0, 0.05) is 0 Å². The van der Waals surface area contributed by atoms with Gasteiger partial charge in [-0.15, -0.1) is 0 Å². The summed E-state index contributed by atoms with van der Waals surface area (Å²) in [6.07, 6.45) is 0. The molecule has 0 aromatic carbocycles. The molecule has 0 fully saturated rings. The Bertz CT molecular complexity index is 122. The highest BCUT2D eigenvalue weighted by Crippen LogP contribution is 1.72. The van der Waals surface area contributed by atoms with Crippen molar-refractivity contribution in [3.05, 3.63) is 0 Å². The SMILES string of the molecule is CC(N)=NCCN=C(N)N. The van der Waals surface area contributed by atoms with E-state index in [0.29, 0.717) is 18.9 Å². The van der Waals surface area contributed by atoms with Crippen molar-refractivity contribution in [3.63, 3.8) is 0 Å². The smallest absolute Gasteiger partial charge is 0.185 e. The predicted octanol–water partition coefficient (Wildman–Crippen LogP) is -1.36. The van der Waals surface area contributed by atoms with Crippen LogP contribution >= 0.6 is 0 Å². The Labute approximate surface area is 60.0 Å². The highest BCUT2D eigenvalue weighted by atomic mass is 15.0. The molecule has 6 N–H and O–H groups in total. The van der Waals surface area contributed by atoms with E-state index in [2.05, 4.69) is 9.98 Å². The van der Waals surface area contributed by atoms with E-state index in [0.717, 1.165) is 0 Å². The first kappa shape index (κ1) is 8.74. The van der Waals surface area contributed by atoms with E-state index in [9.17, 15) is 0 Å². The lowest BCUT2D eigenvalue weighted by molar-refractivity contribution is 0.965. The number of hydrogen-bond donors (Lipinski definition) is 3. The molecule has 0 heterocycles. The minimum atomic E-state index is 0.0878. The van der Waals surface area contributed by atoms with E-state index in [4.69, 9.17) is 17.2 Å². The molecule has 0 atom stereocenters. The van der Waals surface area contributed by atoms with Crippen LogP contribution in [0.25, 0.3) is 0 Å². The first-order valence-corrected chi connectivity index (χ1v) is 2.95. The van der Waals surface area contributed by atoms with Gasteiger partial charge in [-0.3, -0.25) is 9.98 Å². The molecule has 0 spiro atoms. The molecule has 0 aromatic rings. The van der Waals surface area contributed by atoms with E-state index in [1.807, 2.05) is 0 Å². The van der Waals surface area contributed by atoms with Crippen molar-refractivity contribution in [2.45, 2.75) is 6.92 Å². The van der Waals surface area contributed by atoms with Gasteiger partial charge < -0.3 is 17.2 Å². The van der Waals surface area contributed by atoms with Gasteiger partial charge in [0.1, 0.15) is 0 Å². The molecular weight excluding hydrogens is 130 g/mol. The maximum atomic E-state index is 5.25. The Morgan fingerprint density at radius 1 is 1.10 bits per heavy atom. The molecule has 0 unspecified atom stereocenters. The molecule has 5 heteroatoms. The van der Waals surface area contributed by atoms with Gasteiger partial charge in [-0.25, -0.2) is 0 Å². The number of aliphatic imine (C=N–C) groups is 2. The molecule has 0 radical (unpaired) electrons. The minimum Gasteiger partial charge on any atom is -0.388 e. The van der Waals surface area contributed by atoms with Crippen LogP contribution in [0.4, 0.5) is 0 Å². The van der Waals surface area contributed by atoms with Crippen LogP contribution in [0.15, 0.2) is 9.98 Å². The summed E-state index contributed by atoms with van der Waals surface area (Å²) in [5, 5.41) is 0. The third-order valence-electron chi connectivity index (χ3n) is 0.756. The van der Waals surface area contributed by atoms with E-state index in [1.54, 1.807) is 6.92 Å². The summed E-state index contributed by atoms with van der Waals surface area (Å²) in [5.41, 5.74) is 15.4. The van der Waals surface area contributed by atoms with Gasteiger partial charge in [-0.2, -0.15) is 0 Å². The third-order valence-corrected chi connectivity index (χ3v) is 0.756. The van der Waals surface area contributed by atoms with Gasteiger partial charge in [-0.1, -0.05) is 0 Å². The summed E-state index contributed by atoms with van der Waals surface area (Å²) < 4.78 is 0. The number of nitrogens with two attached hydrogens (primary N) is 3. The lowest BCUT2D eigenvalue weighted by Crippen LogP contribution is -2.23. The normalized spacial score (nSPS) is 11.1. The highest BCUT2D eigenvalue weighted by molar-refractivity contribution is 5.77. The summed E-state index contributed by atoms with van der Waals surface area (Å²) in [6.45, 7) is 2.76. The Balaban J connectivity index is 3.39. The van der Waals surface area contributed by atoms with Crippen molar-refractivity contribution in [2.24, 2.45) is 27.2 Å². The molecule has 0 saturated heterocycles. The molecular formula is C5H13N5. The minimum absolute atomic E-state index is 0.0878. The first-order chi connectivity index (χ1) is 4.63. The van der Waals surface area contributed by atoms with Gasteiger partial charge >= 0.3 is 0 Å². The number of guanidine groups is 1. The maximum absolute atomic E-state index is 5.25. The molecule has 0 rings (SSSR count). The van der Waals surface area contributed by atoms with Crippen LogP contribution in [0.3, 0.4) is 0 Å². The van der Waals surface area contributed by atoms with Crippen molar-refractivity contribution in [1.29, 1.82) is 0 Å². The highest BCUT2D eigenvalue weighted by Gasteiger charge is 1.81. The van der Waals surface area contributed by atoms with Crippen LogP contribution in [0.1, 0.15) is 6.92 Å². The largest absolute Gasteiger partial charge is 0.388 e. The molecule has 0 aliphatic rings. The third kappa shape index (κ3) is 6.74. The Morgan fingerprint density at radius 3 is 2.00 bits per heavy atom. The van der Waals surface area contributed by atoms with Crippen molar-refractivity contribution in [2.75, 3.05) is 13.1 Å². The van der Waals surface area contributed by atoms with Crippen LogP contribution in [0, 0.1) is 0 Å². The number of nitrogens with zero attached hydrogens (tertiary/aromatic N) is 2. The molecule has 10 heavy (non-hydrogen) atoms. The maximum Gasteiger partial charge on any atom is 0.185 e. The van der Waals surface area contributed by atoms with Crippen LogP contribution in [-0.4, -0.2) is 24.9 Å². The fourth-order valence-electron chi connectivity index (χ4n) is 0.405. The Kier molecular flexibility index (Phi) is 4.02. The van der Waals surface area contributed by atoms with Crippen molar-refractivity contribution >= 4 is 11.8 Å². The van der Waals surface area contributed by atoms with Gasteiger partial charge in [0.15, 0.2) is 5.96 Å². The molecule has 0 aliphatic carbocycles. The van der Waals surface area contributed by atoms with E-state index in [-0.39, 0.29) is 5.96 Å². The molecule has 0 bridgehead atoms. The second-order valence-electron chi connectivity index (χ2n) is 1.83. The first-order valence-electron chi connectivity index (χ1n) is 2.95. The molecule has 58 valence electrons. The van der Waals surface area contributed by atoms with Gasteiger partial charge in [-0.05, 0) is 6.92 Å². The van der Waals surface area contributed by atoms with Crippen LogP contribution in [0.5, 0.6) is 0 Å². The number of rotatable bonds is 3. The molecule has 0 aliphatic heterocycles. The van der Waals surface area contributed by atoms with E-state index in [1.165, 1.54) is 0 Å². The van der Waals surface area contributed by atoms with Gasteiger partial charge in [0.25, 0.3) is 0 Å². The summed E-state index contributed by atoms with van der Waals surface area (Å²) in [5.74, 6) is 0.635. The van der Waals surface area contributed by atoms with Gasteiger partial charge in [0.05, 0.1) is 18.9 Å². The lowest BCUT2D eigenvalue weighted by atomic mass is 10.6. The topological polar surface area (TPSA) is 103 Å². The fraction of sp³-hybridized carbons (Fsp3) is 0.600. The monoisotopic (exact) mass is 143 g/mol. The number of hydrogen-bond acceptors (Lipinski definition) is 2. The lowest BCUT2D eigenvalue weighted by Gasteiger charge is -1.91. The zero-order chi connectivity index (χ0) is 7.98. The van der Waals surface area contributed by atoms with E-state index >= 15 is 0 Å². The number of amidine groups is 1. The standard InChI is InChI=1S/C5H13N5/c1-4(6)9-2-3-10-5(7)8/h2-3H2,1H3,(H2,6,9)(H4,7,8,10). The summed E-state index contributed by atoms with van der Waals surface area (Å²) >= 11 is 0. The average molecular weight is 143 g/mol. The molecule has 5 nitrogen and oxygen atoms in total. The second kappa shape index (κ2) is 4.60. The Hall–Kier alpha value is -1.26. The molecule has 0 amide bonds. The van der Waals surface area contributed by atoms with Crippen molar-refractivity contribution in [3.8, 4) is 0 Å². The van der Waals surface area contributed by atoms with Crippen LogP contribution in [0.2, 0.25) is 0 Å². The zero-order valence-corrected chi connectivity index (χ0v) is 6.04. The van der Waals surface area contributed by atoms with Crippen molar-refractivity contribution < 1.29 is 0 Å². The Morgan fingerprint density at radius 2 is 1.60 bits per heavy atom. The van der Waals surface area contributed by atoms with Crippen LogP contribution < -0.4 is 17.2 Å². The molecule has 0 saturated carbocycles. The summed E-state index contributed by atoms with van der Waals surface area (Å²) in [7, 11) is 0. The quantitative estimate of drug-likeness (QED) is 0.258. The zero-order valence-electron chi connectivity index (χ0n) is 6.04. The summed E-state index contributed by atoms with van der Waals surface area (Å²) in [4.78, 5) is 7.58. The van der Waals surface area contributed by atoms with Gasteiger partial charge in [0.2, 0.25) is 0 Å². The molecule has 0 aromatic heterocycles. The van der Waals surface area contributed by atoms with Crippen LogP contribution in [-0.2, 0) is 0 Å².